The fraction of sp³-hybridized carbons (Fsp3) is 0.278. The van der Waals surface area contributed by atoms with Crippen molar-refractivity contribution < 1.29 is 23.9 Å². The van der Waals surface area contributed by atoms with Crippen LogP contribution in [0, 0.1) is 13.8 Å². The van der Waals surface area contributed by atoms with E-state index in [1.165, 1.54) is 25.5 Å². The van der Waals surface area contributed by atoms with Crippen LogP contribution in [0.25, 0.3) is 0 Å². The van der Waals surface area contributed by atoms with Crippen LogP contribution in [0.15, 0.2) is 41.2 Å². The molecule has 0 spiro atoms. The van der Waals surface area contributed by atoms with Crippen LogP contribution in [0.3, 0.4) is 0 Å². The Morgan fingerprint density at radius 1 is 1.12 bits per heavy atom. The van der Waals surface area contributed by atoms with E-state index >= 15 is 0 Å². The summed E-state index contributed by atoms with van der Waals surface area (Å²) >= 11 is 0. The number of rotatable bonds is 6. The first-order valence-electron chi connectivity index (χ1n) is 7.73. The molecule has 2 rings (SSSR count). The molecule has 7 nitrogen and oxygen atoms in total. The molecule has 0 aliphatic rings. The Labute approximate surface area is 145 Å². The number of hydrogen-bond donors (Lipinski definition) is 3. The molecule has 25 heavy (non-hydrogen) atoms. The molecule has 2 amide bonds. The van der Waals surface area contributed by atoms with E-state index in [1.807, 2.05) is 13.0 Å². The third kappa shape index (κ3) is 4.26. The number of nitrogens with one attached hydrogen (secondary N) is 2. The van der Waals surface area contributed by atoms with Crippen LogP contribution < -0.4 is 10.6 Å². The highest BCUT2D eigenvalue weighted by Crippen LogP contribution is 2.21. The summed E-state index contributed by atoms with van der Waals surface area (Å²) in [6, 6.07) is 4.64. The number of carbonyl (C=O) groups is 3. The van der Waals surface area contributed by atoms with Crippen molar-refractivity contribution in [2.24, 2.45) is 0 Å². The minimum absolute atomic E-state index is 0.281. The Balaban J connectivity index is 2.11. The van der Waals surface area contributed by atoms with Crippen LogP contribution in [0.4, 0.5) is 0 Å². The molecule has 2 atom stereocenters. The van der Waals surface area contributed by atoms with Gasteiger partial charge in [0.25, 0.3) is 5.91 Å². The van der Waals surface area contributed by atoms with Gasteiger partial charge in [-0.3, -0.25) is 9.59 Å². The van der Waals surface area contributed by atoms with E-state index in [2.05, 4.69) is 10.6 Å². The number of hydrogen-bond acceptors (Lipinski definition) is 4. The van der Waals surface area contributed by atoms with Crippen molar-refractivity contribution in [3.8, 4) is 0 Å². The second-order valence-electron chi connectivity index (χ2n) is 5.78. The zero-order chi connectivity index (χ0) is 18.6. The zero-order valence-corrected chi connectivity index (χ0v) is 14.2. The molecular formula is C18H20N2O5. The molecule has 0 bridgehead atoms. The van der Waals surface area contributed by atoms with Gasteiger partial charge in [-0.15, -0.1) is 0 Å². The maximum atomic E-state index is 12.3. The molecule has 0 saturated carbocycles. The van der Waals surface area contributed by atoms with Crippen molar-refractivity contribution in [3.05, 3.63) is 59.0 Å². The van der Waals surface area contributed by atoms with Crippen molar-refractivity contribution >= 4 is 17.8 Å². The summed E-state index contributed by atoms with van der Waals surface area (Å²) in [5.41, 5.74) is 2.52. The van der Waals surface area contributed by atoms with E-state index in [0.29, 0.717) is 5.56 Å². The SMILES string of the molecule is Cc1cccc(C(NC(=O)C(C)NC(=O)c2ccoc2)C(=O)O)c1C. The maximum Gasteiger partial charge on any atom is 0.330 e. The van der Waals surface area contributed by atoms with Crippen LogP contribution in [0.1, 0.15) is 40.0 Å². The number of carboxylic acid groups (broad SMARTS) is 1. The standard InChI is InChI=1S/C18H20N2O5/c1-10-5-4-6-14(11(10)2)15(18(23)24)20-16(21)12(3)19-17(22)13-7-8-25-9-13/h4-9,12,15H,1-3H3,(H,19,22)(H,20,21)(H,23,24). The first-order chi connectivity index (χ1) is 11.8. The predicted octanol–water partition coefficient (Wildman–Crippen LogP) is 1.96. The van der Waals surface area contributed by atoms with Gasteiger partial charge in [-0.05, 0) is 43.5 Å². The molecule has 0 saturated heterocycles. The average Bonchev–Trinajstić information content (AvgIpc) is 3.09. The minimum atomic E-state index is -1.19. The fourth-order valence-electron chi connectivity index (χ4n) is 2.37. The highest BCUT2D eigenvalue weighted by Gasteiger charge is 2.27. The minimum Gasteiger partial charge on any atom is -0.479 e. The van der Waals surface area contributed by atoms with Crippen LogP contribution in [0.5, 0.6) is 0 Å². The fourth-order valence-corrected chi connectivity index (χ4v) is 2.37. The molecule has 1 aromatic heterocycles. The summed E-state index contributed by atoms with van der Waals surface area (Å²) in [5, 5.41) is 14.5. The number of carbonyl (C=O) groups excluding carboxylic acids is 2. The van der Waals surface area contributed by atoms with Gasteiger partial charge in [0.1, 0.15) is 12.3 Å². The van der Waals surface area contributed by atoms with Crippen LogP contribution >= 0.6 is 0 Å². The summed E-state index contributed by atoms with van der Waals surface area (Å²) in [6.45, 7) is 5.15. The van der Waals surface area contributed by atoms with E-state index < -0.39 is 29.9 Å². The van der Waals surface area contributed by atoms with Crippen molar-refractivity contribution in [1.29, 1.82) is 0 Å². The van der Waals surface area contributed by atoms with Crippen molar-refractivity contribution in [1.82, 2.24) is 10.6 Å². The van der Waals surface area contributed by atoms with Gasteiger partial charge in [-0.25, -0.2) is 4.79 Å². The summed E-state index contributed by atoms with van der Waals surface area (Å²) in [7, 11) is 0. The van der Waals surface area contributed by atoms with Gasteiger partial charge < -0.3 is 20.2 Å². The molecule has 132 valence electrons. The Morgan fingerprint density at radius 3 is 2.44 bits per heavy atom. The van der Waals surface area contributed by atoms with Crippen molar-refractivity contribution in [2.75, 3.05) is 0 Å². The summed E-state index contributed by atoms with van der Waals surface area (Å²) in [4.78, 5) is 35.9. The molecule has 0 aliphatic heterocycles. The molecule has 0 aliphatic carbocycles. The lowest BCUT2D eigenvalue weighted by atomic mass is 9.97. The molecular weight excluding hydrogens is 324 g/mol. The largest absolute Gasteiger partial charge is 0.479 e. The monoisotopic (exact) mass is 344 g/mol. The Kier molecular flexibility index (Phi) is 5.59. The molecule has 0 radical (unpaired) electrons. The van der Waals surface area contributed by atoms with Gasteiger partial charge >= 0.3 is 5.97 Å². The van der Waals surface area contributed by atoms with E-state index in [4.69, 9.17) is 4.42 Å². The summed E-state index contributed by atoms with van der Waals surface area (Å²) < 4.78 is 4.82. The molecule has 1 heterocycles. The van der Waals surface area contributed by atoms with E-state index in [-0.39, 0.29) is 5.56 Å². The molecule has 0 fully saturated rings. The summed E-state index contributed by atoms with van der Waals surface area (Å²) in [6.07, 6.45) is 2.61. The number of furan rings is 1. The molecule has 3 N–H and O–H groups in total. The third-order valence-electron chi connectivity index (χ3n) is 4.02. The Hall–Kier alpha value is -3.09. The Bertz CT molecular complexity index is 783. The Morgan fingerprint density at radius 2 is 1.84 bits per heavy atom. The smallest absolute Gasteiger partial charge is 0.330 e. The molecule has 7 heteroatoms. The second kappa shape index (κ2) is 7.65. The number of carboxylic acids is 1. The topological polar surface area (TPSA) is 109 Å². The highest BCUT2D eigenvalue weighted by atomic mass is 16.4. The predicted molar refractivity (Wildman–Crippen MR) is 90.1 cm³/mol. The van der Waals surface area contributed by atoms with Gasteiger partial charge in [0, 0.05) is 0 Å². The second-order valence-corrected chi connectivity index (χ2v) is 5.78. The first-order valence-corrected chi connectivity index (χ1v) is 7.73. The zero-order valence-electron chi connectivity index (χ0n) is 14.2. The lowest BCUT2D eigenvalue weighted by Gasteiger charge is -2.21. The van der Waals surface area contributed by atoms with E-state index in [1.54, 1.807) is 19.1 Å². The lowest BCUT2D eigenvalue weighted by molar-refractivity contribution is -0.142. The normalized spacial score (nSPS) is 12.9. The van der Waals surface area contributed by atoms with Crippen LogP contribution in [-0.2, 0) is 9.59 Å². The third-order valence-corrected chi connectivity index (χ3v) is 4.02. The molecule has 1 aromatic carbocycles. The van der Waals surface area contributed by atoms with Crippen molar-refractivity contribution in [3.63, 3.8) is 0 Å². The average molecular weight is 344 g/mol. The number of aliphatic carboxylic acids is 1. The van der Waals surface area contributed by atoms with Gasteiger partial charge in [-0.1, -0.05) is 18.2 Å². The van der Waals surface area contributed by atoms with E-state index in [0.717, 1.165) is 11.1 Å². The van der Waals surface area contributed by atoms with Crippen LogP contribution in [0.2, 0.25) is 0 Å². The number of aryl methyl sites for hydroxylation is 1. The number of benzene rings is 1. The first kappa shape index (κ1) is 18.3. The van der Waals surface area contributed by atoms with Crippen molar-refractivity contribution in [2.45, 2.75) is 32.9 Å². The van der Waals surface area contributed by atoms with Crippen LogP contribution in [-0.4, -0.2) is 28.9 Å². The summed E-state index contributed by atoms with van der Waals surface area (Å²) in [5.74, 6) is -2.24. The number of amides is 2. The molecule has 2 unspecified atom stereocenters. The van der Waals surface area contributed by atoms with Gasteiger partial charge in [0.15, 0.2) is 6.04 Å². The maximum absolute atomic E-state index is 12.3. The quantitative estimate of drug-likeness (QED) is 0.742. The highest BCUT2D eigenvalue weighted by molar-refractivity contribution is 5.97. The van der Waals surface area contributed by atoms with Gasteiger partial charge in [-0.2, -0.15) is 0 Å². The molecule has 2 aromatic rings. The lowest BCUT2D eigenvalue weighted by Crippen LogP contribution is -2.47. The van der Waals surface area contributed by atoms with E-state index in [9.17, 15) is 19.5 Å². The van der Waals surface area contributed by atoms with Gasteiger partial charge in [0.05, 0.1) is 11.8 Å². The van der Waals surface area contributed by atoms with Gasteiger partial charge in [0.2, 0.25) is 5.91 Å².